The third kappa shape index (κ3) is 5.19. The first kappa shape index (κ1) is 22.9. The number of amides is 2. The normalized spacial score (nSPS) is 14.4. The zero-order valence-corrected chi connectivity index (χ0v) is 17.0. The Labute approximate surface area is 158 Å². The van der Waals surface area contributed by atoms with Gasteiger partial charge < -0.3 is 9.63 Å². The van der Waals surface area contributed by atoms with Crippen molar-refractivity contribution >= 4 is 21.8 Å². The van der Waals surface area contributed by atoms with E-state index in [2.05, 4.69) is 5.16 Å². The Kier molecular flexibility index (Phi) is 7.00. The molecule has 0 radical (unpaired) electrons. The summed E-state index contributed by atoms with van der Waals surface area (Å²) in [6, 6.07) is 1.53. The van der Waals surface area contributed by atoms with E-state index in [-0.39, 0.29) is 19.4 Å². The Hall–Kier alpha value is -2.14. The molecule has 1 aromatic rings. The Balaban J connectivity index is 2.94. The Morgan fingerprint density at radius 3 is 2.37 bits per heavy atom. The van der Waals surface area contributed by atoms with Crippen LogP contribution in [0, 0.1) is 0 Å². The molecule has 0 aliphatic rings. The fraction of sp³-hybridized carbons (Fsp3) is 0.688. The van der Waals surface area contributed by atoms with Gasteiger partial charge >= 0.3 is 6.09 Å². The molecule has 0 aromatic carbocycles. The van der Waals surface area contributed by atoms with Crippen molar-refractivity contribution in [2.24, 2.45) is 0 Å². The van der Waals surface area contributed by atoms with Crippen LogP contribution in [0.1, 0.15) is 52.0 Å². The molecule has 1 heterocycles. The first-order valence-corrected chi connectivity index (χ1v) is 10.3. The van der Waals surface area contributed by atoms with Crippen molar-refractivity contribution in [3.05, 3.63) is 17.5 Å². The third-order valence-corrected chi connectivity index (χ3v) is 7.03. The van der Waals surface area contributed by atoms with Crippen LogP contribution in [0.25, 0.3) is 0 Å². The second-order valence-corrected chi connectivity index (χ2v) is 9.71. The molecule has 2 amide bonds. The molecule has 0 aliphatic carbocycles. The molecular formula is C16H27N3O7S. The second-order valence-electron chi connectivity index (χ2n) is 7.26. The van der Waals surface area contributed by atoms with Gasteiger partial charge in [-0.05, 0) is 40.0 Å². The maximum absolute atomic E-state index is 12.0. The van der Waals surface area contributed by atoms with E-state index in [1.165, 1.54) is 23.4 Å². The van der Waals surface area contributed by atoms with E-state index in [1.807, 2.05) is 6.92 Å². The number of hydrogen-bond donors (Lipinski definition) is 3. The lowest BCUT2D eigenvalue weighted by molar-refractivity contribution is -0.131. The van der Waals surface area contributed by atoms with Crippen molar-refractivity contribution < 1.29 is 32.8 Å². The highest BCUT2D eigenvalue weighted by atomic mass is 32.2. The van der Waals surface area contributed by atoms with Crippen LogP contribution in [0.4, 0.5) is 4.79 Å². The van der Waals surface area contributed by atoms with Gasteiger partial charge in [-0.1, -0.05) is 12.1 Å². The van der Waals surface area contributed by atoms with E-state index in [4.69, 9.17) is 9.73 Å². The lowest BCUT2D eigenvalue weighted by Crippen LogP contribution is -2.49. The maximum atomic E-state index is 12.0. The summed E-state index contributed by atoms with van der Waals surface area (Å²) in [6.07, 6.45) is 0.374. The van der Waals surface area contributed by atoms with Gasteiger partial charge in [0.25, 0.3) is 5.91 Å². The van der Waals surface area contributed by atoms with Crippen molar-refractivity contribution in [1.82, 2.24) is 15.5 Å². The van der Waals surface area contributed by atoms with E-state index < -0.39 is 32.1 Å². The quantitative estimate of drug-likeness (QED) is 0.414. The maximum Gasteiger partial charge on any atom is 0.408 e. The van der Waals surface area contributed by atoms with Crippen molar-refractivity contribution in [3.63, 3.8) is 0 Å². The van der Waals surface area contributed by atoms with Crippen LogP contribution in [0.2, 0.25) is 0 Å². The number of carbonyl (C=O) groups excluding carboxylic acids is 1. The van der Waals surface area contributed by atoms with Crippen molar-refractivity contribution in [3.8, 4) is 0 Å². The average molecular weight is 405 g/mol. The highest BCUT2D eigenvalue weighted by Gasteiger charge is 2.43. The minimum atomic E-state index is -3.81. The zero-order valence-electron chi connectivity index (χ0n) is 16.1. The smallest absolute Gasteiger partial charge is 0.408 e. The molecule has 0 aliphatic heterocycles. The van der Waals surface area contributed by atoms with Crippen LogP contribution >= 0.6 is 0 Å². The van der Waals surface area contributed by atoms with E-state index in [0.29, 0.717) is 17.9 Å². The first-order valence-electron chi connectivity index (χ1n) is 8.37. The molecule has 0 spiro atoms. The molecule has 0 saturated carbocycles. The fourth-order valence-electron chi connectivity index (χ4n) is 2.39. The monoisotopic (exact) mass is 405 g/mol. The van der Waals surface area contributed by atoms with Crippen molar-refractivity contribution in [2.45, 2.75) is 63.8 Å². The molecule has 11 heteroatoms. The molecule has 154 valence electrons. The van der Waals surface area contributed by atoms with Crippen LogP contribution in [0.3, 0.4) is 0 Å². The van der Waals surface area contributed by atoms with Crippen LogP contribution in [0.15, 0.2) is 10.6 Å². The average Bonchev–Trinajstić information content (AvgIpc) is 3.03. The lowest BCUT2D eigenvalue weighted by Gasteiger charge is -2.34. The van der Waals surface area contributed by atoms with Gasteiger partial charge in [0, 0.05) is 17.9 Å². The molecule has 1 aromatic heterocycles. The lowest BCUT2D eigenvalue weighted by atomic mass is 9.99. The van der Waals surface area contributed by atoms with Gasteiger partial charge in [0.2, 0.25) is 0 Å². The Bertz CT molecular complexity index is 788. The molecule has 10 nitrogen and oxygen atoms in total. The van der Waals surface area contributed by atoms with Gasteiger partial charge in [0.05, 0.1) is 12.2 Å². The standard InChI is InChI=1S/C16H27N3O7S/c1-6-15(2,3)19(14(21)22)10-12-9-11(18-26-12)7-8-16(4,13(20)17-23)27(5,24)25/h9,23H,6-8,10H2,1-5H3,(H,17,20)(H,21,22). The van der Waals surface area contributed by atoms with E-state index in [9.17, 15) is 23.1 Å². The third-order valence-electron chi connectivity index (χ3n) is 5.01. The number of nitrogens with one attached hydrogen (secondary N) is 1. The molecular weight excluding hydrogens is 378 g/mol. The van der Waals surface area contributed by atoms with Crippen molar-refractivity contribution in [2.75, 3.05) is 6.26 Å². The summed E-state index contributed by atoms with van der Waals surface area (Å²) in [5, 5.41) is 22.1. The van der Waals surface area contributed by atoms with E-state index in [0.717, 1.165) is 6.26 Å². The summed E-state index contributed by atoms with van der Waals surface area (Å²) in [7, 11) is -3.81. The number of hydrogen-bond acceptors (Lipinski definition) is 7. The summed E-state index contributed by atoms with van der Waals surface area (Å²) < 4.78 is 27.2. The summed E-state index contributed by atoms with van der Waals surface area (Å²) in [6.45, 7) is 6.67. The summed E-state index contributed by atoms with van der Waals surface area (Å²) in [5.74, 6) is -0.725. The SMILES string of the molecule is CCC(C)(C)N(Cc1cc(CCC(C)(C(=O)NO)S(C)(=O)=O)no1)C(=O)O. The number of aromatic nitrogens is 1. The molecule has 1 rings (SSSR count). The van der Waals surface area contributed by atoms with Gasteiger partial charge in [-0.2, -0.15) is 0 Å². The Morgan fingerprint density at radius 1 is 1.33 bits per heavy atom. The number of rotatable bonds is 9. The van der Waals surface area contributed by atoms with Gasteiger partial charge in [-0.25, -0.2) is 18.7 Å². The molecule has 1 unspecified atom stereocenters. The van der Waals surface area contributed by atoms with Crippen LogP contribution in [-0.2, 0) is 27.6 Å². The zero-order chi connectivity index (χ0) is 21.0. The van der Waals surface area contributed by atoms with E-state index in [1.54, 1.807) is 13.8 Å². The molecule has 0 bridgehead atoms. The second kappa shape index (κ2) is 8.26. The van der Waals surface area contributed by atoms with E-state index >= 15 is 0 Å². The van der Waals surface area contributed by atoms with Gasteiger partial charge in [-0.15, -0.1) is 0 Å². The molecule has 0 saturated heterocycles. The topological polar surface area (TPSA) is 150 Å². The minimum Gasteiger partial charge on any atom is -0.465 e. The van der Waals surface area contributed by atoms with Crippen LogP contribution < -0.4 is 5.48 Å². The highest BCUT2D eigenvalue weighted by Crippen LogP contribution is 2.25. The minimum absolute atomic E-state index is 0.0103. The highest BCUT2D eigenvalue weighted by molar-refractivity contribution is 7.92. The molecule has 0 fully saturated rings. The summed E-state index contributed by atoms with van der Waals surface area (Å²) in [5.41, 5.74) is 1.16. The van der Waals surface area contributed by atoms with Crippen LogP contribution in [-0.4, -0.2) is 57.3 Å². The predicted molar refractivity (Wildman–Crippen MR) is 95.9 cm³/mol. The number of aryl methyl sites for hydroxylation is 1. The van der Waals surface area contributed by atoms with Gasteiger partial charge in [0.15, 0.2) is 15.6 Å². The number of carbonyl (C=O) groups is 2. The predicted octanol–water partition coefficient (Wildman–Crippen LogP) is 1.58. The van der Waals surface area contributed by atoms with Crippen LogP contribution in [0.5, 0.6) is 0 Å². The van der Waals surface area contributed by atoms with Crippen molar-refractivity contribution in [1.29, 1.82) is 0 Å². The van der Waals surface area contributed by atoms with Gasteiger partial charge in [-0.3, -0.25) is 14.9 Å². The first-order chi connectivity index (χ1) is 12.3. The summed E-state index contributed by atoms with van der Waals surface area (Å²) in [4.78, 5) is 24.6. The largest absolute Gasteiger partial charge is 0.465 e. The number of hydroxylamine groups is 1. The number of nitrogens with zero attached hydrogens (tertiary/aromatic N) is 2. The molecule has 27 heavy (non-hydrogen) atoms. The Morgan fingerprint density at radius 2 is 1.93 bits per heavy atom. The fourth-order valence-corrected chi connectivity index (χ4v) is 3.24. The number of sulfone groups is 1. The number of carboxylic acid groups (broad SMARTS) is 1. The van der Waals surface area contributed by atoms with Gasteiger partial charge in [0.1, 0.15) is 4.75 Å². The summed E-state index contributed by atoms with van der Waals surface area (Å²) >= 11 is 0. The molecule has 1 atom stereocenters. The molecule has 3 N–H and O–H groups in total.